The molecule has 0 saturated heterocycles. The highest BCUT2D eigenvalue weighted by Crippen LogP contribution is 2.21. The fourth-order valence-corrected chi connectivity index (χ4v) is 3.24. The zero-order valence-corrected chi connectivity index (χ0v) is 16.2. The Morgan fingerprint density at radius 1 is 1.15 bits per heavy atom. The highest BCUT2D eigenvalue weighted by Gasteiger charge is 2.17. The van der Waals surface area contributed by atoms with Crippen molar-refractivity contribution >= 4 is 34.0 Å². The van der Waals surface area contributed by atoms with Crippen LogP contribution in [0.1, 0.15) is 42.2 Å². The number of anilines is 1. The molecule has 5 nitrogen and oxygen atoms in total. The second-order valence-electron chi connectivity index (χ2n) is 6.54. The first-order valence-corrected chi connectivity index (χ1v) is 9.46. The number of hydrogen-bond acceptors (Lipinski definition) is 3. The molecule has 0 aliphatic rings. The molecule has 0 saturated carbocycles. The van der Waals surface area contributed by atoms with Gasteiger partial charge in [-0.25, -0.2) is 4.68 Å². The summed E-state index contributed by atoms with van der Waals surface area (Å²) < 4.78 is 1.40. The lowest BCUT2D eigenvalue weighted by Gasteiger charge is -2.12. The van der Waals surface area contributed by atoms with E-state index in [1.54, 1.807) is 42.5 Å². The van der Waals surface area contributed by atoms with E-state index in [1.807, 2.05) is 6.92 Å². The molecule has 2 aromatic carbocycles. The van der Waals surface area contributed by atoms with Crippen LogP contribution in [0.2, 0.25) is 5.02 Å². The number of fused-ring (bicyclic) bond motifs is 1. The SMILES string of the molecule is CCCCCn1nc(C(=O)Nc2ccc(Cl)cc2C)c2ccccc2c1=O. The van der Waals surface area contributed by atoms with Crippen LogP contribution in [0.15, 0.2) is 47.3 Å². The molecule has 0 fully saturated rings. The highest BCUT2D eigenvalue weighted by atomic mass is 35.5. The number of halogens is 1. The van der Waals surface area contributed by atoms with Gasteiger partial charge in [0.05, 0.1) is 5.39 Å². The molecule has 0 unspecified atom stereocenters. The molecule has 0 bridgehead atoms. The number of nitrogens with one attached hydrogen (secondary N) is 1. The molecule has 3 rings (SSSR count). The number of hydrogen-bond donors (Lipinski definition) is 1. The Bertz CT molecular complexity index is 1040. The second kappa shape index (κ2) is 8.35. The van der Waals surface area contributed by atoms with Gasteiger partial charge in [0.1, 0.15) is 0 Å². The van der Waals surface area contributed by atoms with Crippen LogP contribution < -0.4 is 10.9 Å². The average Bonchev–Trinajstić information content (AvgIpc) is 2.66. The van der Waals surface area contributed by atoms with Crippen LogP contribution in [0.3, 0.4) is 0 Å². The van der Waals surface area contributed by atoms with Crippen molar-refractivity contribution in [1.82, 2.24) is 9.78 Å². The Balaban J connectivity index is 2.02. The molecule has 6 heteroatoms. The molecule has 1 N–H and O–H groups in total. The standard InChI is InChI=1S/C21H22ClN3O2/c1-3-4-7-12-25-21(27)17-9-6-5-8-16(17)19(24-25)20(26)23-18-11-10-15(22)13-14(18)2/h5-6,8-11,13H,3-4,7,12H2,1-2H3,(H,23,26). The maximum Gasteiger partial charge on any atom is 0.276 e. The van der Waals surface area contributed by atoms with E-state index >= 15 is 0 Å². The van der Waals surface area contributed by atoms with Gasteiger partial charge in [-0.1, -0.05) is 49.6 Å². The van der Waals surface area contributed by atoms with E-state index in [0.717, 1.165) is 24.8 Å². The Morgan fingerprint density at radius 2 is 1.89 bits per heavy atom. The molecular weight excluding hydrogens is 362 g/mol. The van der Waals surface area contributed by atoms with Crippen molar-refractivity contribution in [2.24, 2.45) is 0 Å². The first-order valence-electron chi connectivity index (χ1n) is 9.08. The van der Waals surface area contributed by atoms with Gasteiger partial charge in [0.25, 0.3) is 11.5 Å². The summed E-state index contributed by atoms with van der Waals surface area (Å²) in [7, 11) is 0. The van der Waals surface area contributed by atoms with Crippen molar-refractivity contribution < 1.29 is 4.79 Å². The van der Waals surface area contributed by atoms with E-state index in [-0.39, 0.29) is 17.2 Å². The van der Waals surface area contributed by atoms with Crippen LogP contribution in [-0.4, -0.2) is 15.7 Å². The van der Waals surface area contributed by atoms with Crippen LogP contribution in [0.4, 0.5) is 5.69 Å². The van der Waals surface area contributed by atoms with Crippen molar-refractivity contribution in [2.75, 3.05) is 5.32 Å². The summed E-state index contributed by atoms with van der Waals surface area (Å²) in [5.74, 6) is -0.346. The quantitative estimate of drug-likeness (QED) is 0.622. The molecule has 3 aromatic rings. The molecule has 27 heavy (non-hydrogen) atoms. The van der Waals surface area contributed by atoms with Gasteiger partial charge in [0.15, 0.2) is 5.69 Å². The maximum absolute atomic E-state index is 12.9. The van der Waals surface area contributed by atoms with Gasteiger partial charge in [-0.15, -0.1) is 0 Å². The molecule has 0 aliphatic heterocycles. The van der Waals surface area contributed by atoms with Gasteiger partial charge in [-0.3, -0.25) is 9.59 Å². The van der Waals surface area contributed by atoms with Crippen LogP contribution in [0.25, 0.3) is 10.8 Å². The zero-order chi connectivity index (χ0) is 19.4. The van der Waals surface area contributed by atoms with Crippen molar-refractivity contribution in [2.45, 2.75) is 39.7 Å². The Kier molecular flexibility index (Phi) is 5.91. The topological polar surface area (TPSA) is 64.0 Å². The predicted octanol–water partition coefficient (Wildman–Crippen LogP) is 4.80. The average molecular weight is 384 g/mol. The number of nitrogens with zero attached hydrogens (tertiary/aromatic N) is 2. The molecule has 1 amide bonds. The van der Waals surface area contributed by atoms with Gasteiger partial charge in [0.2, 0.25) is 0 Å². The predicted molar refractivity (Wildman–Crippen MR) is 110 cm³/mol. The van der Waals surface area contributed by atoms with Gasteiger partial charge >= 0.3 is 0 Å². The first-order chi connectivity index (χ1) is 13.0. The van der Waals surface area contributed by atoms with E-state index in [0.29, 0.717) is 28.0 Å². The monoisotopic (exact) mass is 383 g/mol. The fourth-order valence-electron chi connectivity index (χ4n) is 3.01. The summed E-state index contributed by atoms with van der Waals surface area (Å²) in [5.41, 5.74) is 1.60. The summed E-state index contributed by atoms with van der Waals surface area (Å²) in [6.07, 6.45) is 2.90. The summed E-state index contributed by atoms with van der Waals surface area (Å²) in [5, 5.41) is 8.93. The smallest absolute Gasteiger partial charge is 0.276 e. The maximum atomic E-state index is 12.9. The molecule has 1 aromatic heterocycles. The van der Waals surface area contributed by atoms with Gasteiger partial charge in [-0.05, 0) is 43.2 Å². The van der Waals surface area contributed by atoms with Gasteiger partial charge in [-0.2, -0.15) is 5.10 Å². The van der Waals surface area contributed by atoms with E-state index in [2.05, 4.69) is 17.3 Å². The molecular formula is C21H22ClN3O2. The minimum Gasteiger partial charge on any atom is -0.320 e. The highest BCUT2D eigenvalue weighted by molar-refractivity contribution is 6.30. The van der Waals surface area contributed by atoms with Crippen molar-refractivity contribution in [1.29, 1.82) is 0 Å². The number of rotatable bonds is 6. The van der Waals surface area contributed by atoms with E-state index in [1.165, 1.54) is 4.68 Å². The van der Waals surface area contributed by atoms with Crippen molar-refractivity contribution in [3.63, 3.8) is 0 Å². The zero-order valence-electron chi connectivity index (χ0n) is 15.5. The normalized spacial score (nSPS) is 10.9. The number of aromatic nitrogens is 2. The van der Waals surface area contributed by atoms with Crippen LogP contribution in [0.5, 0.6) is 0 Å². The summed E-state index contributed by atoms with van der Waals surface area (Å²) >= 11 is 5.98. The molecule has 0 spiro atoms. The molecule has 1 heterocycles. The van der Waals surface area contributed by atoms with E-state index in [4.69, 9.17) is 11.6 Å². The summed E-state index contributed by atoms with van der Waals surface area (Å²) in [6.45, 7) is 4.47. The van der Waals surface area contributed by atoms with Crippen molar-refractivity contribution in [3.8, 4) is 0 Å². The lowest BCUT2D eigenvalue weighted by Crippen LogP contribution is -2.28. The Labute approximate surface area is 163 Å². The first kappa shape index (κ1) is 19.1. The lowest BCUT2D eigenvalue weighted by atomic mass is 10.1. The number of aryl methyl sites for hydroxylation is 2. The number of amides is 1. The number of carbonyl (C=O) groups excluding carboxylic acids is 1. The summed E-state index contributed by atoms with van der Waals surface area (Å²) in [4.78, 5) is 25.6. The minimum absolute atomic E-state index is 0.166. The number of benzene rings is 2. The lowest BCUT2D eigenvalue weighted by molar-refractivity contribution is 0.102. The summed E-state index contributed by atoms with van der Waals surface area (Å²) in [6, 6.07) is 12.4. The third-order valence-corrected chi connectivity index (χ3v) is 4.73. The van der Waals surface area contributed by atoms with Crippen LogP contribution >= 0.6 is 11.6 Å². The molecule has 140 valence electrons. The van der Waals surface area contributed by atoms with Crippen molar-refractivity contribution in [3.05, 3.63) is 69.1 Å². The van der Waals surface area contributed by atoms with Crippen LogP contribution in [-0.2, 0) is 6.54 Å². The molecule has 0 atom stereocenters. The number of carbonyl (C=O) groups is 1. The number of unbranched alkanes of at least 4 members (excludes halogenated alkanes) is 2. The molecule has 0 aliphatic carbocycles. The van der Waals surface area contributed by atoms with Gasteiger partial charge in [0, 0.05) is 22.6 Å². The second-order valence-corrected chi connectivity index (χ2v) is 6.98. The fraction of sp³-hybridized carbons (Fsp3) is 0.286. The third-order valence-electron chi connectivity index (χ3n) is 4.49. The Hall–Kier alpha value is -2.66. The minimum atomic E-state index is -0.346. The van der Waals surface area contributed by atoms with Crippen LogP contribution in [0, 0.1) is 6.92 Å². The molecule has 0 radical (unpaired) electrons. The largest absolute Gasteiger partial charge is 0.320 e. The van der Waals surface area contributed by atoms with E-state index < -0.39 is 0 Å². The third kappa shape index (κ3) is 4.19. The van der Waals surface area contributed by atoms with E-state index in [9.17, 15) is 9.59 Å². The van der Waals surface area contributed by atoms with Gasteiger partial charge < -0.3 is 5.32 Å². The Morgan fingerprint density at radius 3 is 2.59 bits per heavy atom.